The van der Waals surface area contributed by atoms with E-state index in [1.165, 1.54) is 0 Å². The van der Waals surface area contributed by atoms with Gasteiger partial charge in [-0.15, -0.1) is 0 Å². The SMILES string of the molecule is CC(C)(C)C(N)CC(=O)NC1CC=CCC1. The zero-order valence-electron chi connectivity index (χ0n) is 10.6. The Kier molecular flexibility index (Phi) is 4.54. The van der Waals surface area contributed by atoms with Gasteiger partial charge in [-0.25, -0.2) is 0 Å². The van der Waals surface area contributed by atoms with E-state index in [-0.39, 0.29) is 17.4 Å². The van der Waals surface area contributed by atoms with Gasteiger partial charge in [0, 0.05) is 18.5 Å². The minimum Gasteiger partial charge on any atom is -0.353 e. The van der Waals surface area contributed by atoms with E-state index >= 15 is 0 Å². The fourth-order valence-electron chi connectivity index (χ4n) is 1.72. The molecule has 2 unspecified atom stereocenters. The third kappa shape index (κ3) is 4.35. The predicted octanol–water partition coefficient (Wildman–Crippen LogP) is 1.97. The lowest BCUT2D eigenvalue weighted by Crippen LogP contribution is -2.43. The summed E-state index contributed by atoms with van der Waals surface area (Å²) < 4.78 is 0. The molecule has 0 aromatic rings. The molecular formula is C13H24N2O. The number of hydrogen-bond acceptors (Lipinski definition) is 2. The van der Waals surface area contributed by atoms with Crippen LogP contribution < -0.4 is 11.1 Å². The Morgan fingerprint density at radius 1 is 1.50 bits per heavy atom. The molecule has 0 spiro atoms. The standard InChI is InChI=1S/C13H24N2O/c1-13(2,3)11(14)9-12(16)15-10-7-5-4-6-8-10/h4-5,10-11H,6-9,14H2,1-3H3,(H,15,16). The maximum absolute atomic E-state index is 11.8. The number of rotatable bonds is 3. The number of carbonyl (C=O) groups excluding carboxylic acids is 1. The van der Waals surface area contributed by atoms with Crippen molar-refractivity contribution in [1.29, 1.82) is 0 Å². The molecule has 2 atom stereocenters. The molecule has 0 saturated carbocycles. The van der Waals surface area contributed by atoms with Crippen LogP contribution in [0.1, 0.15) is 46.5 Å². The predicted molar refractivity (Wildman–Crippen MR) is 67.0 cm³/mol. The summed E-state index contributed by atoms with van der Waals surface area (Å²) in [7, 11) is 0. The second kappa shape index (κ2) is 5.48. The zero-order chi connectivity index (χ0) is 12.2. The second-order valence-electron chi connectivity index (χ2n) is 5.73. The van der Waals surface area contributed by atoms with Crippen molar-refractivity contribution in [2.45, 2.75) is 58.5 Å². The largest absolute Gasteiger partial charge is 0.353 e. The first kappa shape index (κ1) is 13.2. The monoisotopic (exact) mass is 224 g/mol. The maximum atomic E-state index is 11.8. The summed E-state index contributed by atoms with van der Waals surface area (Å²) in [5.74, 6) is 0.0859. The molecule has 3 heteroatoms. The molecule has 1 aliphatic rings. The summed E-state index contributed by atoms with van der Waals surface area (Å²) in [5, 5.41) is 3.05. The Balaban J connectivity index is 2.33. The van der Waals surface area contributed by atoms with E-state index in [2.05, 4.69) is 38.2 Å². The number of carbonyl (C=O) groups is 1. The summed E-state index contributed by atoms with van der Waals surface area (Å²) in [4.78, 5) is 11.8. The van der Waals surface area contributed by atoms with Crippen LogP contribution in [0, 0.1) is 5.41 Å². The second-order valence-corrected chi connectivity index (χ2v) is 5.73. The van der Waals surface area contributed by atoms with Crippen LogP contribution in [-0.2, 0) is 4.79 Å². The van der Waals surface area contributed by atoms with Gasteiger partial charge in [0.2, 0.25) is 5.91 Å². The number of hydrogen-bond donors (Lipinski definition) is 2. The average molecular weight is 224 g/mol. The zero-order valence-corrected chi connectivity index (χ0v) is 10.6. The summed E-state index contributed by atoms with van der Waals surface area (Å²) >= 11 is 0. The van der Waals surface area contributed by atoms with Crippen LogP contribution >= 0.6 is 0 Å². The Hall–Kier alpha value is -0.830. The minimum absolute atomic E-state index is 0.0101. The molecule has 92 valence electrons. The summed E-state index contributed by atoms with van der Waals surface area (Å²) in [5.41, 5.74) is 5.97. The van der Waals surface area contributed by atoms with E-state index in [9.17, 15) is 4.79 Å². The van der Waals surface area contributed by atoms with Crippen molar-refractivity contribution in [1.82, 2.24) is 5.32 Å². The van der Waals surface area contributed by atoms with Crippen LogP contribution in [0.15, 0.2) is 12.2 Å². The highest BCUT2D eigenvalue weighted by atomic mass is 16.1. The minimum atomic E-state index is -0.0772. The van der Waals surface area contributed by atoms with Gasteiger partial charge in [0.05, 0.1) is 0 Å². The molecule has 1 aliphatic carbocycles. The highest BCUT2D eigenvalue weighted by Crippen LogP contribution is 2.20. The maximum Gasteiger partial charge on any atom is 0.221 e. The normalized spacial score (nSPS) is 22.9. The summed E-state index contributed by atoms with van der Waals surface area (Å²) in [6, 6.07) is 0.233. The van der Waals surface area contributed by atoms with Crippen molar-refractivity contribution in [3.63, 3.8) is 0 Å². The lowest BCUT2D eigenvalue weighted by atomic mass is 9.85. The van der Waals surface area contributed by atoms with E-state index in [1.54, 1.807) is 0 Å². The van der Waals surface area contributed by atoms with E-state index in [4.69, 9.17) is 5.73 Å². The van der Waals surface area contributed by atoms with Crippen LogP contribution in [0.2, 0.25) is 0 Å². The van der Waals surface area contributed by atoms with E-state index in [0.717, 1.165) is 19.3 Å². The highest BCUT2D eigenvalue weighted by molar-refractivity contribution is 5.77. The van der Waals surface area contributed by atoms with Gasteiger partial charge in [0.15, 0.2) is 0 Å². The van der Waals surface area contributed by atoms with Gasteiger partial charge in [-0.05, 0) is 24.7 Å². The molecule has 0 aliphatic heterocycles. The van der Waals surface area contributed by atoms with Crippen LogP contribution in [-0.4, -0.2) is 18.0 Å². The van der Waals surface area contributed by atoms with Gasteiger partial charge in [-0.2, -0.15) is 0 Å². The summed E-state index contributed by atoms with van der Waals surface area (Å²) in [6.07, 6.45) is 7.80. The fourth-order valence-corrected chi connectivity index (χ4v) is 1.72. The van der Waals surface area contributed by atoms with Crippen LogP contribution in [0.25, 0.3) is 0 Å². The van der Waals surface area contributed by atoms with E-state index in [0.29, 0.717) is 12.5 Å². The topological polar surface area (TPSA) is 55.1 Å². The van der Waals surface area contributed by atoms with Crippen LogP contribution in [0.4, 0.5) is 0 Å². The third-order valence-corrected chi connectivity index (χ3v) is 3.15. The average Bonchev–Trinajstić information content (AvgIpc) is 2.17. The quantitative estimate of drug-likeness (QED) is 0.720. The molecule has 1 rings (SSSR count). The molecule has 3 nitrogen and oxygen atoms in total. The van der Waals surface area contributed by atoms with E-state index in [1.807, 2.05) is 0 Å². The summed E-state index contributed by atoms with van der Waals surface area (Å²) in [6.45, 7) is 6.19. The number of amides is 1. The van der Waals surface area contributed by atoms with Crippen molar-refractivity contribution in [2.75, 3.05) is 0 Å². The lowest BCUT2D eigenvalue weighted by molar-refractivity contribution is -0.122. The molecule has 1 amide bonds. The van der Waals surface area contributed by atoms with Gasteiger partial charge in [0.1, 0.15) is 0 Å². The van der Waals surface area contributed by atoms with Gasteiger partial charge in [-0.1, -0.05) is 32.9 Å². The first-order valence-electron chi connectivity index (χ1n) is 6.09. The van der Waals surface area contributed by atoms with Crippen molar-refractivity contribution in [3.8, 4) is 0 Å². The number of allylic oxidation sites excluding steroid dienone is 1. The fraction of sp³-hybridized carbons (Fsp3) is 0.769. The number of nitrogens with two attached hydrogens (primary N) is 1. The van der Waals surface area contributed by atoms with Gasteiger partial charge in [-0.3, -0.25) is 4.79 Å². The molecule has 3 N–H and O–H groups in total. The van der Waals surface area contributed by atoms with Crippen molar-refractivity contribution >= 4 is 5.91 Å². The van der Waals surface area contributed by atoms with Crippen molar-refractivity contribution < 1.29 is 4.79 Å². The molecule has 0 aromatic heterocycles. The van der Waals surface area contributed by atoms with Crippen LogP contribution in [0.5, 0.6) is 0 Å². The van der Waals surface area contributed by atoms with E-state index < -0.39 is 0 Å². The molecule has 0 aromatic carbocycles. The van der Waals surface area contributed by atoms with Crippen LogP contribution in [0.3, 0.4) is 0 Å². The van der Waals surface area contributed by atoms with Crippen molar-refractivity contribution in [3.05, 3.63) is 12.2 Å². The highest BCUT2D eigenvalue weighted by Gasteiger charge is 2.24. The third-order valence-electron chi connectivity index (χ3n) is 3.15. The Morgan fingerprint density at radius 3 is 2.69 bits per heavy atom. The molecule has 0 radical (unpaired) electrons. The number of nitrogens with one attached hydrogen (secondary N) is 1. The Morgan fingerprint density at radius 2 is 2.19 bits per heavy atom. The molecule has 0 fully saturated rings. The van der Waals surface area contributed by atoms with Crippen molar-refractivity contribution in [2.24, 2.45) is 11.1 Å². The Bertz CT molecular complexity index is 266. The molecule has 0 heterocycles. The Labute approximate surface area is 98.5 Å². The molecule has 16 heavy (non-hydrogen) atoms. The smallest absolute Gasteiger partial charge is 0.221 e. The first-order valence-corrected chi connectivity index (χ1v) is 6.09. The lowest BCUT2D eigenvalue weighted by Gasteiger charge is -2.27. The molecular weight excluding hydrogens is 200 g/mol. The van der Waals surface area contributed by atoms with Gasteiger partial charge >= 0.3 is 0 Å². The van der Waals surface area contributed by atoms with Gasteiger partial charge < -0.3 is 11.1 Å². The molecule has 0 bridgehead atoms. The van der Waals surface area contributed by atoms with Gasteiger partial charge in [0.25, 0.3) is 0 Å². The molecule has 0 saturated heterocycles. The first-order chi connectivity index (χ1) is 7.39.